The van der Waals surface area contributed by atoms with E-state index in [9.17, 15) is 4.79 Å². The first-order valence-corrected chi connectivity index (χ1v) is 4.45. The number of ketones is 1. The van der Waals surface area contributed by atoms with Crippen LogP contribution < -0.4 is 5.32 Å². The topological polar surface area (TPSA) is 49.3 Å². The Labute approximate surface area is 79.8 Å². The summed E-state index contributed by atoms with van der Waals surface area (Å²) in [4.78, 5) is 11.5. The summed E-state index contributed by atoms with van der Waals surface area (Å²) in [7, 11) is 0. The Morgan fingerprint density at radius 3 is 2.38 bits per heavy atom. The third kappa shape index (κ3) is 5.42. The summed E-state index contributed by atoms with van der Waals surface area (Å²) in [5.41, 5.74) is 0.469. The molecular formula is C10H19NO2. The van der Waals surface area contributed by atoms with Gasteiger partial charge in [-0.05, 0) is 6.92 Å². The molecule has 0 aromatic heterocycles. The number of nitrogens with one attached hydrogen (secondary N) is 1. The van der Waals surface area contributed by atoms with E-state index < -0.39 is 0 Å². The third-order valence-electron chi connectivity index (χ3n) is 1.60. The zero-order valence-electron chi connectivity index (χ0n) is 8.85. The predicted octanol–water partition coefficient (Wildman–Crippen LogP) is 1.09. The molecule has 0 radical (unpaired) electrons. The van der Waals surface area contributed by atoms with E-state index in [2.05, 4.69) is 5.32 Å². The minimum atomic E-state index is -0.331. The van der Waals surface area contributed by atoms with Crippen LogP contribution in [-0.2, 0) is 4.79 Å². The largest absolute Gasteiger partial charge is 0.395 e. The number of rotatable bonds is 4. The van der Waals surface area contributed by atoms with Crippen LogP contribution in [0.15, 0.2) is 11.8 Å². The highest BCUT2D eigenvalue weighted by Gasteiger charge is 2.18. The van der Waals surface area contributed by atoms with Crippen LogP contribution in [0.5, 0.6) is 0 Å². The quantitative estimate of drug-likeness (QED) is 0.644. The number of carbonyl (C=O) groups is 1. The summed E-state index contributed by atoms with van der Waals surface area (Å²) in [6.07, 6.45) is 1.58. The number of aliphatic hydroxyl groups is 1. The van der Waals surface area contributed by atoms with Gasteiger partial charge in [-0.15, -0.1) is 0 Å². The third-order valence-corrected chi connectivity index (χ3v) is 1.60. The molecule has 0 aliphatic rings. The molecule has 0 heterocycles. The molecule has 2 N–H and O–H groups in total. The monoisotopic (exact) mass is 185 g/mol. The SMILES string of the molecule is C/C(=C\C(=O)C(C)(C)C)NCCO. The fourth-order valence-electron chi connectivity index (χ4n) is 0.717. The second kappa shape index (κ2) is 5.02. The van der Waals surface area contributed by atoms with Crippen LogP contribution in [0.4, 0.5) is 0 Å². The van der Waals surface area contributed by atoms with Crippen LogP contribution in [0, 0.1) is 5.41 Å². The summed E-state index contributed by atoms with van der Waals surface area (Å²) < 4.78 is 0. The Bertz CT molecular complexity index is 201. The molecule has 0 aromatic rings. The second-order valence-corrected chi connectivity index (χ2v) is 4.09. The molecule has 0 aliphatic heterocycles. The number of aliphatic hydroxyl groups excluding tert-OH is 1. The van der Waals surface area contributed by atoms with Crippen molar-refractivity contribution in [2.24, 2.45) is 5.41 Å². The second-order valence-electron chi connectivity index (χ2n) is 4.09. The van der Waals surface area contributed by atoms with Crippen molar-refractivity contribution in [3.8, 4) is 0 Å². The summed E-state index contributed by atoms with van der Waals surface area (Å²) in [5, 5.41) is 11.5. The molecule has 3 nitrogen and oxygen atoms in total. The predicted molar refractivity (Wildman–Crippen MR) is 53.3 cm³/mol. The van der Waals surface area contributed by atoms with Gasteiger partial charge in [0.2, 0.25) is 0 Å². The van der Waals surface area contributed by atoms with E-state index in [1.807, 2.05) is 27.7 Å². The Morgan fingerprint density at radius 1 is 1.46 bits per heavy atom. The highest BCUT2D eigenvalue weighted by atomic mass is 16.3. The lowest BCUT2D eigenvalue weighted by atomic mass is 9.90. The molecule has 0 bridgehead atoms. The van der Waals surface area contributed by atoms with Crippen LogP contribution in [0.25, 0.3) is 0 Å². The molecule has 76 valence electrons. The smallest absolute Gasteiger partial charge is 0.162 e. The normalized spacial score (nSPS) is 12.8. The number of allylic oxidation sites excluding steroid dienone is 2. The van der Waals surface area contributed by atoms with Crippen molar-refractivity contribution in [2.75, 3.05) is 13.2 Å². The van der Waals surface area contributed by atoms with Crippen molar-refractivity contribution in [1.82, 2.24) is 5.32 Å². The minimum absolute atomic E-state index is 0.0783. The van der Waals surface area contributed by atoms with Crippen LogP contribution in [-0.4, -0.2) is 24.0 Å². The number of hydrogen-bond acceptors (Lipinski definition) is 3. The van der Waals surface area contributed by atoms with Crippen molar-refractivity contribution in [1.29, 1.82) is 0 Å². The Morgan fingerprint density at radius 2 is 2.00 bits per heavy atom. The van der Waals surface area contributed by atoms with Crippen LogP contribution in [0.2, 0.25) is 0 Å². The van der Waals surface area contributed by atoms with Gasteiger partial charge in [-0.3, -0.25) is 4.79 Å². The highest BCUT2D eigenvalue weighted by Crippen LogP contribution is 2.15. The van der Waals surface area contributed by atoms with Gasteiger partial charge in [-0.2, -0.15) is 0 Å². The average Bonchev–Trinajstić information content (AvgIpc) is 1.99. The van der Waals surface area contributed by atoms with E-state index in [4.69, 9.17) is 5.11 Å². The van der Waals surface area contributed by atoms with E-state index in [1.165, 1.54) is 0 Å². The average molecular weight is 185 g/mol. The zero-order valence-corrected chi connectivity index (χ0v) is 8.85. The molecule has 0 atom stereocenters. The van der Waals surface area contributed by atoms with Crippen LogP contribution >= 0.6 is 0 Å². The van der Waals surface area contributed by atoms with Gasteiger partial charge in [-0.1, -0.05) is 20.8 Å². The maximum atomic E-state index is 11.5. The van der Waals surface area contributed by atoms with Crippen LogP contribution in [0.1, 0.15) is 27.7 Å². The Balaban J connectivity index is 4.15. The first kappa shape index (κ1) is 12.2. The summed E-state index contributed by atoms with van der Waals surface area (Å²) >= 11 is 0. The van der Waals surface area contributed by atoms with Gasteiger partial charge in [0.1, 0.15) is 0 Å². The molecule has 0 saturated heterocycles. The molecule has 0 fully saturated rings. The molecule has 0 rings (SSSR count). The number of carbonyl (C=O) groups excluding carboxylic acids is 1. The van der Waals surface area contributed by atoms with Crippen molar-refractivity contribution in [3.63, 3.8) is 0 Å². The van der Waals surface area contributed by atoms with Crippen molar-refractivity contribution in [3.05, 3.63) is 11.8 Å². The lowest BCUT2D eigenvalue weighted by Gasteiger charge is -2.14. The van der Waals surface area contributed by atoms with Gasteiger partial charge in [0.15, 0.2) is 5.78 Å². The van der Waals surface area contributed by atoms with E-state index in [0.717, 1.165) is 5.70 Å². The zero-order chi connectivity index (χ0) is 10.5. The van der Waals surface area contributed by atoms with E-state index >= 15 is 0 Å². The number of hydrogen-bond donors (Lipinski definition) is 2. The molecule has 0 saturated carbocycles. The van der Waals surface area contributed by atoms with Gasteiger partial charge < -0.3 is 10.4 Å². The maximum absolute atomic E-state index is 11.5. The first-order valence-electron chi connectivity index (χ1n) is 4.45. The van der Waals surface area contributed by atoms with Gasteiger partial charge >= 0.3 is 0 Å². The minimum Gasteiger partial charge on any atom is -0.395 e. The molecule has 0 aliphatic carbocycles. The molecule has 13 heavy (non-hydrogen) atoms. The maximum Gasteiger partial charge on any atom is 0.162 e. The molecule has 0 unspecified atom stereocenters. The Hall–Kier alpha value is -0.830. The molecule has 3 heteroatoms. The van der Waals surface area contributed by atoms with Gasteiger partial charge in [0.05, 0.1) is 6.61 Å². The fourth-order valence-corrected chi connectivity index (χ4v) is 0.717. The molecule has 0 aromatic carbocycles. The highest BCUT2D eigenvalue weighted by molar-refractivity contribution is 5.94. The van der Waals surface area contributed by atoms with Crippen molar-refractivity contribution >= 4 is 5.78 Å². The summed E-state index contributed by atoms with van der Waals surface area (Å²) in [6, 6.07) is 0. The molecule has 0 amide bonds. The van der Waals surface area contributed by atoms with E-state index in [0.29, 0.717) is 6.54 Å². The lowest BCUT2D eigenvalue weighted by molar-refractivity contribution is -0.121. The van der Waals surface area contributed by atoms with Gasteiger partial charge in [0.25, 0.3) is 0 Å². The molecule has 0 spiro atoms. The van der Waals surface area contributed by atoms with Crippen molar-refractivity contribution < 1.29 is 9.90 Å². The Kier molecular flexibility index (Phi) is 4.70. The van der Waals surface area contributed by atoms with Crippen LogP contribution in [0.3, 0.4) is 0 Å². The lowest BCUT2D eigenvalue weighted by Crippen LogP contribution is -2.21. The van der Waals surface area contributed by atoms with Gasteiger partial charge in [-0.25, -0.2) is 0 Å². The summed E-state index contributed by atoms with van der Waals surface area (Å²) in [6.45, 7) is 8.02. The van der Waals surface area contributed by atoms with E-state index in [-0.39, 0.29) is 17.8 Å². The molecular weight excluding hydrogens is 166 g/mol. The fraction of sp³-hybridized carbons (Fsp3) is 0.700. The standard InChI is InChI=1S/C10H19NO2/c1-8(11-5-6-12)7-9(13)10(2,3)4/h7,11-12H,5-6H2,1-4H3/b8-7+. The van der Waals surface area contributed by atoms with Crippen molar-refractivity contribution in [2.45, 2.75) is 27.7 Å². The van der Waals surface area contributed by atoms with Gasteiger partial charge in [0, 0.05) is 23.7 Å². The van der Waals surface area contributed by atoms with E-state index in [1.54, 1.807) is 6.08 Å². The summed E-state index contributed by atoms with van der Waals surface area (Å²) in [5.74, 6) is 0.0930. The first-order chi connectivity index (χ1) is 5.88.